The van der Waals surface area contributed by atoms with Gasteiger partial charge in [0.1, 0.15) is 0 Å². The van der Waals surface area contributed by atoms with Gasteiger partial charge in [-0.3, -0.25) is 0 Å². The second kappa shape index (κ2) is 4.26. The van der Waals surface area contributed by atoms with E-state index in [1.54, 1.807) is 0 Å². The third kappa shape index (κ3) is 2.14. The van der Waals surface area contributed by atoms with Crippen LogP contribution in [0.5, 0.6) is 5.88 Å². The van der Waals surface area contributed by atoms with Crippen LogP contribution in [0.3, 0.4) is 0 Å². The maximum absolute atomic E-state index is 13.0. The third-order valence-corrected chi connectivity index (χ3v) is 3.38. The summed E-state index contributed by atoms with van der Waals surface area (Å²) < 4.78 is 30.9. The summed E-state index contributed by atoms with van der Waals surface area (Å²) >= 11 is 0. The Labute approximate surface area is 113 Å². The largest absolute Gasteiger partial charge is 0.479 e. The lowest BCUT2D eigenvalue weighted by Crippen LogP contribution is -2.57. The van der Waals surface area contributed by atoms with Gasteiger partial charge in [-0.25, -0.2) is 18.6 Å². The van der Waals surface area contributed by atoms with E-state index in [0.29, 0.717) is 11.5 Å². The van der Waals surface area contributed by atoms with Gasteiger partial charge in [0.05, 0.1) is 25.9 Å². The number of hydrogen-bond donors (Lipinski definition) is 1. The van der Waals surface area contributed by atoms with Crippen molar-refractivity contribution in [2.75, 3.05) is 25.1 Å². The Morgan fingerprint density at radius 3 is 2.50 bits per heavy atom. The Kier molecular flexibility index (Phi) is 2.77. The number of aromatic nitrogens is 2. The highest BCUT2D eigenvalue weighted by Crippen LogP contribution is 2.45. The maximum Gasteiger partial charge on any atom is 0.360 e. The summed E-state index contributed by atoms with van der Waals surface area (Å²) in [5.74, 6) is -3.68. The van der Waals surface area contributed by atoms with Gasteiger partial charge in [-0.15, -0.1) is 0 Å². The normalized spacial score (nSPS) is 20.4. The topological polar surface area (TPSA) is 75.5 Å². The van der Waals surface area contributed by atoms with E-state index in [4.69, 9.17) is 9.84 Å². The molecule has 0 amide bonds. The van der Waals surface area contributed by atoms with Crippen LogP contribution in [-0.2, 0) is 0 Å². The molecule has 1 aromatic rings. The molecule has 0 spiro atoms. The number of halogens is 2. The van der Waals surface area contributed by atoms with E-state index in [2.05, 4.69) is 9.97 Å². The fourth-order valence-electron chi connectivity index (χ4n) is 2.23. The molecule has 0 atom stereocenters. The van der Waals surface area contributed by atoms with Crippen LogP contribution in [0.2, 0.25) is 0 Å². The summed E-state index contributed by atoms with van der Waals surface area (Å²) in [6.07, 6.45) is 1.74. The first kappa shape index (κ1) is 13.0. The van der Waals surface area contributed by atoms with Gasteiger partial charge < -0.3 is 14.7 Å². The first-order valence-corrected chi connectivity index (χ1v) is 6.23. The molecule has 1 aromatic heterocycles. The number of carboxylic acids is 1. The first-order valence-electron chi connectivity index (χ1n) is 6.23. The smallest absolute Gasteiger partial charge is 0.360 e. The molecule has 6 nitrogen and oxygen atoms in total. The summed E-state index contributed by atoms with van der Waals surface area (Å²) in [6.45, 7) is -0.839. The average molecular weight is 285 g/mol. The zero-order valence-corrected chi connectivity index (χ0v) is 10.8. The Hall–Kier alpha value is -1.99. The van der Waals surface area contributed by atoms with Crippen LogP contribution in [0, 0.1) is 0 Å². The van der Waals surface area contributed by atoms with E-state index in [9.17, 15) is 13.6 Å². The van der Waals surface area contributed by atoms with Gasteiger partial charge in [-0.2, -0.15) is 4.98 Å². The lowest BCUT2D eigenvalue weighted by molar-refractivity contribution is -0.0269. The van der Waals surface area contributed by atoms with Crippen LogP contribution in [0.1, 0.15) is 34.9 Å². The number of hydrogen-bond acceptors (Lipinski definition) is 5. The molecule has 2 heterocycles. The van der Waals surface area contributed by atoms with Crippen molar-refractivity contribution < 1.29 is 23.4 Å². The Morgan fingerprint density at radius 1 is 1.40 bits per heavy atom. The fourth-order valence-corrected chi connectivity index (χ4v) is 2.23. The molecule has 0 aromatic carbocycles. The van der Waals surface area contributed by atoms with Gasteiger partial charge in [0.25, 0.3) is 5.92 Å². The second-order valence-electron chi connectivity index (χ2n) is 5.08. The summed E-state index contributed by atoms with van der Waals surface area (Å²) in [5.41, 5.74) is 0.212. The number of methoxy groups -OCH3 is 1. The number of alkyl halides is 2. The summed E-state index contributed by atoms with van der Waals surface area (Å²) in [4.78, 5) is 20.7. The van der Waals surface area contributed by atoms with Crippen molar-refractivity contribution >= 4 is 11.8 Å². The van der Waals surface area contributed by atoms with Gasteiger partial charge in [-0.05, 0) is 12.8 Å². The van der Waals surface area contributed by atoms with Crippen molar-refractivity contribution in [3.05, 3.63) is 11.4 Å². The van der Waals surface area contributed by atoms with Crippen LogP contribution >= 0.6 is 0 Å². The Morgan fingerprint density at radius 2 is 2.05 bits per heavy atom. The summed E-state index contributed by atoms with van der Waals surface area (Å²) in [6, 6.07) is 0. The van der Waals surface area contributed by atoms with Gasteiger partial charge in [-0.1, -0.05) is 0 Å². The summed E-state index contributed by atoms with van der Waals surface area (Å²) in [5, 5.41) is 9.09. The molecule has 1 aliphatic carbocycles. The quantitative estimate of drug-likeness (QED) is 0.904. The van der Waals surface area contributed by atoms with Crippen LogP contribution in [0.4, 0.5) is 14.6 Å². The lowest BCUT2D eigenvalue weighted by atomic mass is 10.1. The number of ether oxygens (including phenoxy) is 1. The fraction of sp³-hybridized carbons (Fsp3) is 0.583. The predicted octanol–water partition coefficient (Wildman–Crippen LogP) is 1.52. The van der Waals surface area contributed by atoms with Crippen LogP contribution < -0.4 is 9.64 Å². The molecule has 3 rings (SSSR count). The van der Waals surface area contributed by atoms with E-state index < -0.39 is 25.0 Å². The SMILES string of the molecule is COc1nc(N2CC(F)(F)C2)c(C2CC2)nc1C(=O)O. The summed E-state index contributed by atoms with van der Waals surface area (Å²) in [7, 11) is 1.28. The van der Waals surface area contributed by atoms with Gasteiger partial charge in [0.15, 0.2) is 5.82 Å². The number of aromatic carboxylic acids is 1. The van der Waals surface area contributed by atoms with Crippen molar-refractivity contribution in [2.24, 2.45) is 0 Å². The number of carbonyl (C=O) groups is 1. The highest BCUT2D eigenvalue weighted by Gasteiger charge is 2.47. The Balaban J connectivity index is 2.01. The molecule has 1 N–H and O–H groups in total. The van der Waals surface area contributed by atoms with Crippen molar-refractivity contribution in [2.45, 2.75) is 24.7 Å². The molecule has 1 saturated carbocycles. The Bertz CT molecular complexity index is 567. The molecule has 0 unspecified atom stereocenters. The highest BCUT2D eigenvalue weighted by molar-refractivity contribution is 5.88. The molecule has 1 saturated heterocycles. The van der Waals surface area contributed by atoms with E-state index in [1.807, 2.05) is 0 Å². The predicted molar refractivity (Wildman–Crippen MR) is 64.7 cm³/mol. The minimum absolute atomic E-state index is 0.107. The zero-order chi connectivity index (χ0) is 14.5. The molecular weight excluding hydrogens is 272 g/mol. The lowest BCUT2D eigenvalue weighted by Gasteiger charge is -2.40. The van der Waals surface area contributed by atoms with Gasteiger partial charge in [0, 0.05) is 5.92 Å². The molecule has 0 radical (unpaired) electrons. The molecule has 108 valence electrons. The number of anilines is 1. The van der Waals surface area contributed by atoms with Gasteiger partial charge in [0.2, 0.25) is 11.6 Å². The number of rotatable bonds is 4. The number of nitrogens with zero attached hydrogens (tertiary/aromatic N) is 3. The monoisotopic (exact) mass is 285 g/mol. The first-order chi connectivity index (χ1) is 9.41. The van der Waals surface area contributed by atoms with Crippen molar-refractivity contribution in [1.82, 2.24) is 9.97 Å². The van der Waals surface area contributed by atoms with Crippen LogP contribution in [0.25, 0.3) is 0 Å². The molecule has 0 bridgehead atoms. The van der Waals surface area contributed by atoms with Crippen molar-refractivity contribution in [1.29, 1.82) is 0 Å². The third-order valence-electron chi connectivity index (χ3n) is 3.38. The highest BCUT2D eigenvalue weighted by atomic mass is 19.3. The van der Waals surface area contributed by atoms with Gasteiger partial charge >= 0.3 is 5.97 Å². The van der Waals surface area contributed by atoms with Crippen LogP contribution in [0.15, 0.2) is 0 Å². The molecular formula is C12H13F2N3O3. The minimum atomic E-state index is -2.72. The van der Waals surface area contributed by atoms with E-state index in [1.165, 1.54) is 12.0 Å². The van der Waals surface area contributed by atoms with Crippen LogP contribution in [-0.4, -0.2) is 47.2 Å². The number of carboxylic acid groups (broad SMARTS) is 1. The average Bonchev–Trinajstić information content (AvgIpc) is 3.18. The van der Waals surface area contributed by atoms with Crippen molar-refractivity contribution in [3.8, 4) is 5.88 Å². The zero-order valence-electron chi connectivity index (χ0n) is 10.8. The molecule has 20 heavy (non-hydrogen) atoms. The molecule has 8 heteroatoms. The molecule has 2 aliphatic rings. The van der Waals surface area contributed by atoms with Crippen molar-refractivity contribution in [3.63, 3.8) is 0 Å². The molecule has 2 fully saturated rings. The maximum atomic E-state index is 13.0. The van der Waals surface area contributed by atoms with E-state index in [-0.39, 0.29) is 17.5 Å². The molecule has 1 aliphatic heterocycles. The van der Waals surface area contributed by atoms with E-state index in [0.717, 1.165) is 12.8 Å². The minimum Gasteiger partial charge on any atom is -0.479 e. The second-order valence-corrected chi connectivity index (χ2v) is 5.08. The van der Waals surface area contributed by atoms with E-state index >= 15 is 0 Å². The standard InChI is InChI=1S/C12H13F2N3O3/c1-20-10-8(11(18)19)15-7(6-2-3-6)9(16-10)17-4-12(13,14)5-17/h6H,2-5H2,1H3,(H,18,19).